The van der Waals surface area contributed by atoms with Gasteiger partial charge in [-0.2, -0.15) is 5.71 Å². The van der Waals surface area contributed by atoms with Crippen molar-refractivity contribution in [2.24, 2.45) is 0 Å². The van der Waals surface area contributed by atoms with Gasteiger partial charge >= 0.3 is 20.4 Å². The summed E-state index contributed by atoms with van der Waals surface area (Å²) in [6.45, 7) is 1.75. The van der Waals surface area contributed by atoms with Gasteiger partial charge in [0.25, 0.3) is 0 Å². The zero-order valence-corrected chi connectivity index (χ0v) is 45.1. The fourth-order valence-electron chi connectivity index (χ4n) is 13.4. The second-order valence-electron chi connectivity index (χ2n) is 21.1. The predicted molar refractivity (Wildman–Crippen MR) is 277 cm³/mol. The Hall–Kier alpha value is -2.03. The number of hydrogen-bond donors (Lipinski definition) is 0. The van der Waals surface area contributed by atoms with Crippen LogP contribution in [0.3, 0.4) is 0 Å². The quantitative estimate of drug-likeness (QED) is 0.0507. The molecule has 6 saturated carbocycles. The summed E-state index contributed by atoms with van der Waals surface area (Å²) in [7, 11) is -0.0930. The van der Waals surface area contributed by atoms with Crippen LogP contribution >= 0.6 is 15.8 Å². The summed E-state index contributed by atoms with van der Waals surface area (Å²) in [5, 5.41) is 19.8. The van der Waals surface area contributed by atoms with Crippen molar-refractivity contribution in [1.29, 1.82) is 0 Å². The van der Waals surface area contributed by atoms with E-state index in [0.29, 0.717) is 5.71 Å². The largest absolute Gasteiger partial charge is 2.00 e. The van der Waals surface area contributed by atoms with Crippen molar-refractivity contribution < 1.29 is 52.3 Å². The Morgan fingerprint density at radius 3 is 0.855 bits per heavy atom. The first-order chi connectivity index (χ1) is 33.1. The van der Waals surface area contributed by atoms with E-state index in [4.69, 9.17) is 0 Å². The van der Waals surface area contributed by atoms with Crippen molar-refractivity contribution in [1.82, 2.24) is 0 Å². The number of aromatic carboxylic acids is 1. The molecule has 0 N–H and O–H groups in total. The van der Waals surface area contributed by atoms with E-state index in [1.807, 2.05) is 60.7 Å². The number of carboxylic acid groups (broad SMARTS) is 1. The van der Waals surface area contributed by atoms with Crippen LogP contribution in [0.4, 0.5) is 22.0 Å². The van der Waals surface area contributed by atoms with Gasteiger partial charge in [0.15, 0.2) is 23.3 Å². The van der Waals surface area contributed by atoms with Gasteiger partial charge in [-0.1, -0.05) is 106 Å². The number of rotatable bonds is 10. The fourth-order valence-corrected chi connectivity index (χ4v) is 23.8. The molecule has 0 amide bonds. The molecule has 11 heteroatoms. The average molecular weight is 1090 g/mol. The second-order valence-corrected chi connectivity index (χ2v) is 28.0. The molecule has 3 nitrogen and oxygen atoms in total. The third-order valence-corrected chi connectivity index (χ3v) is 25.7. The van der Waals surface area contributed by atoms with Crippen LogP contribution in [-0.4, -0.2) is 45.6 Å². The van der Waals surface area contributed by atoms with Gasteiger partial charge in [0, 0.05) is 21.8 Å². The van der Waals surface area contributed by atoms with E-state index in [9.17, 15) is 37.3 Å². The third kappa shape index (κ3) is 17.0. The van der Waals surface area contributed by atoms with E-state index in [-0.39, 0.29) is 42.2 Å². The van der Waals surface area contributed by atoms with Crippen LogP contribution < -0.4 is 5.11 Å². The summed E-state index contributed by atoms with van der Waals surface area (Å²) in [4.78, 5) is 10.0. The molecule has 9 rings (SSSR count). The summed E-state index contributed by atoms with van der Waals surface area (Å²) in [5.74, 6) is -14.4. The number of carbonyl (C=O) groups is 1. The first-order valence-electron chi connectivity index (χ1n) is 27.1. The first-order valence-corrected chi connectivity index (χ1v) is 30.6. The van der Waals surface area contributed by atoms with Crippen molar-refractivity contribution in [2.75, 3.05) is 0 Å². The molecule has 3 aromatic carbocycles. The molecule has 69 heavy (non-hydrogen) atoms. The Bertz CT molecular complexity index is 1730. The van der Waals surface area contributed by atoms with Crippen LogP contribution in [0, 0.1) is 29.1 Å². The van der Waals surface area contributed by atoms with Gasteiger partial charge in [-0.05, 0) is 165 Å². The molecule has 0 spiro atoms. The zero-order valence-electron chi connectivity index (χ0n) is 41.5. The van der Waals surface area contributed by atoms with Crippen LogP contribution in [0.2, 0.25) is 0 Å². The van der Waals surface area contributed by atoms with Gasteiger partial charge in [-0.3, -0.25) is 0 Å². The average Bonchev–Trinajstić information content (AvgIpc) is 3.38. The maximum absolute atomic E-state index is 12.5. The van der Waals surface area contributed by atoms with E-state index in [1.165, 1.54) is 34.0 Å². The predicted octanol–water partition coefficient (Wildman–Crippen LogP) is 17.0. The Labute approximate surface area is 428 Å². The molecule has 0 aliphatic heterocycles. The van der Waals surface area contributed by atoms with Gasteiger partial charge < -0.3 is 15.3 Å². The third-order valence-electron chi connectivity index (χ3n) is 16.6. The van der Waals surface area contributed by atoms with E-state index in [2.05, 4.69) is 0 Å². The standard InChI is InChI=1S/2C18H33P.C15H14N.C7HF5O2.Pd/c2*1-4-10-16(11-5-1)19(17-12-6-2-7-13-17)18-14-8-3-9-15-18;1-12(16)15(13-8-4-2-5-9-13)14-10-6-3-7-11-14;8-2-1(7(13)14)3(9)5(11)6(12)4(2)10;/h2*16-18H,1-15H2;2-11,15H,1H3;(H,13,14);/q;;-1;;+2/p+1. The van der Waals surface area contributed by atoms with Crippen LogP contribution in [0.15, 0.2) is 60.7 Å². The molecule has 6 aliphatic rings. The Kier molecular flexibility index (Phi) is 25.9. The number of nitrogens with zero attached hydrogens (tertiary/aromatic N) is 1. The van der Waals surface area contributed by atoms with E-state index < -0.39 is 40.6 Å². The Balaban J connectivity index is 0.000000172. The van der Waals surface area contributed by atoms with Crippen molar-refractivity contribution >= 4 is 27.5 Å². The van der Waals surface area contributed by atoms with Crippen LogP contribution in [-0.2, 0) is 20.4 Å². The van der Waals surface area contributed by atoms with Crippen LogP contribution in [0.25, 0.3) is 5.41 Å². The summed E-state index contributed by atoms with van der Waals surface area (Å²) >= 11 is 0. The minimum atomic E-state index is -2.47. The number of benzene rings is 3. The minimum Gasteiger partial charge on any atom is -0.811 e. The van der Waals surface area contributed by atoms with Crippen LogP contribution in [0.5, 0.6) is 0 Å². The fraction of sp³-hybridized carbons (Fsp3) is 0.655. The van der Waals surface area contributed by atoms with Crippen molar-refractivity contribution in [3.8, 4) is 0 Å². The molecule has 0 heterocycles. The maximum Gasteiger partial charge on any atom is 2.00 e. The summed E-state index contributed by atoms with van der Waals surface area (Å²) in [6, 6.07) is 20.1. The molecular formula is C58H82F5NO2P2Pd+2. The number of halogens is 5. The second kappa shape index (κ2) is 30.9. The molecule has 6 fully saturated rings. The number of carboxylic acids is 1. The Morgan fingerprint density at radius 1 is 0.435 bits per heavy atom. The zero-order chi connectivity index (χ0) is 48.3. The molecule has 0 unspecified atom stereocenters. The van der Waals surface area contributed by atoms with Crippen molar-refractivity contribution in [3.05, 3.63) is 112 Å². The molecular weight excluding hydrogens is 1010 g/mol. The Morgan fingerprint density at radius 2 is 0.652 bits per heavy atom. The normalized spacial score (nSPS) is 20.4. The van der Waals surface area contributed by atoms with Gasteiger partial charge in [-0.15, -0.1) is 0 Å². The molecule has 384 valence electrons. The number of hydrogen-bond acceptors (Lipinski definition) is 2. The maximum atomic E-state index is 12.5. The molecule has 0 saturated heterocycles. The molecule has 3 aromatic rings. The summed E-state index contributed by atoms with van der Waals surface area (Å²) < 4.78 is 62.0. The van der Waals surface area contributed by atoms with Gasteiger partial charge in [-0.25, -0.2) is 22.0 Å². The molecule has 0 aromatic heterocycles. The smallest absolute Gasteiger partial charge is 0.811 e. The van der Waals surface area contributed by atoms with Crippen molar-refractivity contribution in [2.45, 2.75) is 239 Å². The molecule has 0 bridgehead atoms. The van der Waals surface area contributed by atoms with Crippen molar-refractivity contribution in [3.63, 3.8) is 0 Å². The monoisotopic (exact) mass is 1090 g/mol. The molecule has 0 atom stereocenters. The van der Waals surface area contributed by atoms with Gasteiger partial charge in [0.05, 0.1) is 45.5 Å². The minimum absolute atomic E-state index is 0. The van der Waals surface area contributed by atoms with E-state index in [0.717, 1.165) is 11.1 Å². The van der Waals surface area contributed by atoms with E-state index >= 15 is 0 Å². The van der Waals surface area contributed by atoms with E-state index in [1.54, 1.807) is 200 Å². The van der Waals surface area contributed by atoms with Gasteiger partial charge in [0.1, 0.15) is 0 Å². The summed E-state index contributed by atoms with van der Waals surface area (Å²) in [6.07, 6.45) is 47.6. The topological polar surface area (TPSA) is 62.4 Å². The molecule has 6 aliphatic carbocycles. The van der Waals surface area contributed by atoms with Gasteiger partial charge in [0.2, 0.25) is 5.82 Å². The first kappa shape index (κ1) is 57.9. The SMILES string of the molecule is C1CCC([PH+](C2CCCCC2)C2CCCCC2)CC1.C1CCC([PH+](C2CCCCC2)C2CCCCC2)CC1.CC(=[N-])C(c1ccccc1)c1ccccc1.O=C([O-])c1c(F)c(F)c(F)c(F)c1F.[Pd+2]. The summed E-state index contributed by atoms with van der Waals surface area (Å²) in [5.41, 5.74) is 8.06. The number of carbonyl (C=O) groups excluding carboxylic acids is 1. The van der Waals surface area contributed by atoms with Crippen LogP contribution in [0.1, 0.15) is 227 Å². The molecule has 0 radical (unpaired) electrons.